The van der Waals surface area contributed by atoms with Gasteiger partial charge in [0.25, 0.3) is 0 Å². The van der Waals surface area contributed by atoms with Crippen molar-refractivity contribution in [3.63, 3.8) is 0 Å². The number of aromatic nitrogens is 2. The highest BCUT2D eigenvalue weighted by Gasteiger charge is 2.08. The molecule has 15 heavy (non-hydrogen) atoms. The summed E-state index contributed by atoms with van der Waals surface area (Å²) < 4.78 is 0. The van der Waals surface area contributed by atoms with Crippen LogP contribution in [0.2, 0.25) is 0 Å². The van der Waals surface area contributed by atoms with Crippen molar-refractivity contribution in [1.82, 2.24) is 9.97 Å². The van der Waals surface area contributed by atoms with Crippen LogP contribution >= 0.6 is 23.1 Å². The van der Waals surface area contributed by atoms with E-state index < -0.39 is 0 Å². The maximum Gasteiger partial charge on any atom is 0.142 e. The smallest absolute Gasteiger partial charge is 0.142 e. The molecule has 0 spiro atoms. The highest BCUT2D eigenvalue weighted by molar-refractivity contribution is 7.97. The lowest BCUT2D eigenvalue weighted by molar-refractivity contribution is 1.08. The molecule has 80 valence electrons. The molecule has 0 aliphatic carbocycles. The molecule has 0 fully saturated rings. The average Bonchev–Trinajstić information content (AvgIpc) is 2.62. The summed E-state index contributed by atoms with van der Waals surface area (Å²) in [5.41, 5.74) is 5.90. The molecule has 5 heteroatoms. The first-order valence-corrected chi connectivity index (χ1v) is 6.99. The Morgan fingerprint density at radius 2 is 2.27 bits per heavy atom. The monoisotopic (exact) mass is 239 g/mol. The van der Waals surface area contributed by atoms with Crippen LogP contribution in [-0.2, 0) is 12.2 Å². The van der Waals surface area contributed by atoms with Gasteiger partial charge in [-0.2, -0.15) is 11.8 Å². The van der Waals surface area contributed by atoms with Gasteiger partial charge in [0.1, 0.15) is 16.5 Å². The average molecular weight is 239 g/mol. The van der Waals surface area contributed by atoms with Gasteiger partial charge < -0.3 is 5.73 Å². The van der Waals surface area contributed by atoms with Gasteiger partial charge in [-0.3, -0.25) is 0 Å². The minimum Gasteiger partial charge on any atom is -0.383 e. The molecule has 2 aromatic heterocycles. The number of nitrogens with zero attached hydrogens (tertiary/aromatic N) is 2. The van der Waals surface area contributed by atoms with Crippen LogP contribution < -0.4 is 5.73 Å². The zero-order chi connectivity index (χ0) is 10.8. The number of thiophene rings is 1. The summed E-state index contributed by atoms with van der Waals surface area (Å²) in [5, 5.41) is 1.00. The lowest BCUT2D eigenvalue weighted by atomic mass is 10.3. The lowest BCUT2D eigenvalue weighted by Gasteiger charge is -1.99. The standard InChI is InChI=1S/C10H13N3S2/c1-3-6-4-7-9(11)12-8(5-14-2)13-10(7)15-6/h4H,3,5H2,1-2H3,(H2,11,12,13). The molecule has 0 aliphatic heterocycles. The van der Waals surface area contributed by atoms with Crippen LogP contribution in [-0.4, -0.2) is 16.2 Å². The van der Waals surface area contributed by atoms with Crippen molar-refractivity contribution in [2.75, 3.05) is 12.0 Å². The second kappa shape index (κ2) is 4.37. The third-order valence-electron chi connectivity index (χ3n) is 2.14. The number of rotatable bonds is 3. The number of nitrogens with two attached hydrogens (primary N) is 1. The fraction of sp³-hybridized carbons (Fsp3) is 0.400. The first-order valence-electron chi connectivity index (χ1n) is 4.78. The van der Waals surface area contributed by atoms with E-state index in [1.807, 2.05) is 6.26 Å². The maximum absolute atomic E-state index is 5.90. The van der Waals surface area contributed by atoms with Crippen LogP contribution in [0.15, 0.2) is 6.07 Å². The Labute approximate surface area is 97.1 Å². The predicted octanol–water partition coefficient (Wildman–Crippen LogP) is 2.70. The third kappa shape index (κ3) is 2.08. The number of anilines is 1. The van der Waals surface area contributed by atoms with Gasteiger partial charge >= 0.3 is 0 Å². The van der Waals surface area contributed by atoms with Gasteiger partial charge in [0.2, 0.25) is 0 Å². The number of hydrogen-bond donors (Lipinski definition) is 1. The van der Waals surface area contributed by atoms with Crippen LogP contribution in [0.1, 0.15) is 17.6 Å². The van der Waals surface area contributed by atoms with Crippen LogP contribution in [0.5, 0.6) is 0 Å². The van der Waals surface area contributed by atoms with Gasteiger partial charge in [-0.25, -0.2) is 9.97 Å². The first-order chi connectivity index (χ1) is 7.24. The highest BCUT2D eigenvalue weighted by atomic mass is 32.2. The molecule has 2 heterocycles. The molecule has 0 saturated carbocycles. The maximum atomic E-state index is 5.90. The zero-order valence-corrected chi connectivity index (χ0v) is 10.4. The molecule has 0 saturated heterocycles. The predicted molar refractivity (Wildman–Crippen MR) is 68.4 cm³/mol. The summed E-state index contributed by atoms with van der Waals surface area (Å²) in [4.78, 5) is 11.1. The first kappa shape index (κ1) is 10.7. The molecule has 0 amide bonds. The fourth-order valence-electron chi connectivity index (χ4n) is 1.41. The quantitative estimate of drug-likeness (QED) is 0.894. The van der Waals surface area contributed by atoms with Crippen LogP contribution in [0.25, 0.3) is 10.2 Å². The van der Waals surface area contributed by atoms with Crippen molar-refractivity contribution in [3.8, 4) is 0 Å². The fourth-order valence-corrected chi connectivity index (χ4v) is 2.79. The Morgan fingerprint density at radius 3 is 2.93 bits per heavy atom. The molecule has 2 rings (SSSR count). The Bertz CT molecular complexity index is 479. The molecular formula is C10H13N3S2. The number of thioether (sulfide) groups is 1. The molecule has 0 unspecified atom stereocenters. The van der Waals surface area contributed by atoms with Gasteiger partial charge in [-0.1, -0.05) is 6.92 Å². The molecule has 0 radical (unpaired) electrons. The van der Waals surface area contributed by atoms with Gasteiger partial charge in [0, 0.05) is 4.88 Å². The summed E-state index contributed by atoms with van der Waals surface area (Å²) in [6.07, 6.45) is 3.06. The van der Waals surface area contributed by atoms with Crippen LogP contribution in [0.3, 0.4) is 0 Å². The van der Waals surface area contributed by atoms with Gasteiger partial charge in [0.15, 0.2) is 0 Å². The SMILES string of the molecule is CCc1cc2c(N)nc(CSC)nc2s1. The van der Waals surface area contributed by atoms with Crippen molar-refractivity contribution in [2.24, 2.45) is 0 Å². The number of nitrogen functional groups attached to an aromatic ring is 1. The summed E-state index contributed by atoms with van der Waals surface area (Å²) in [6, 6.07) is 2.10. The second-order valence-corrected chi connectivity index (χ2v) is 5.22. The van der Waals surface area contributed by atoms with Crippen LogP contribution in [0.4, 0.5) is 5.82 Å². The Morgan fingerprint density at radius 1 is 1.47 bits per heavy atom. The van der Waals surface area contributed by atoms with Crippen molar-refractivity contribution in [3.05, 3.63) is 16.8 Å². The van der Waals surface area contributed by atoms with Crippen LogP contribution in [0, 0.1) is 0 Å². The molecule has 3 nitrogen and oxygen atoms in total. The van der Waals surface area contributed by atoms with Crippen molar-refractivity contribution in [2.45, 2.75) is 19.1 Å². The molecule has 0 aromatic carbocycles. The highest BCUT2D eigenvalue weighted by Crippen LogP contribution is 2.28. The number of aryl methyl sites for hydroxylation is 1. The van der Waals surface area contributed by atoms with Gasteiger partial charge in [-0.15, -0.1) is 11.3 Å². The van der Waals surface area contributed by atoms with E-state index in [0.717, 1.165) is 28.2 Å². The summed E-state index contributed by atoms with van der Waals surface area (Å²) >= 11 is 3.42. The number of hydrogen-bond acceptors (Lipinski definition) is 5. The second-order valence-electron chi connectivity index (χ2n) is 3.24. The Kier molecular flexibility index (Phi) is 3.11. The lowest BCUT2D eigenvalue weighted by Crippen LogP contribution is -1.97. The molecule has 2 N–H and O–H groups in total. The van der Waals surface area contributed by atoms with Crippen molar-refractivity contribution in [1.29, 1.82) is 0 Å². The zero-order valence-electron chi connectivity index (χ0n) is 8.78. The minimum absolute atomic E-state index is 0.611. The summed E-state index contributed by atoms with van der Waals surface area (Å²) in [5.74, 6) is 2.26. The van der Waals surface area contributed by atoms with Crippen molar-refractivity contribution < 1.29 is 0 Å². The summed E-state index contributed by atoms with van der Waals surface area (Å²) in [6.45, 7) is 2.14. The minimum atomic E-state index is 0.611. The van der Waals surface area contributed by atoms with Gasteiger partial charge in [0.05, 0.1) is 11.1 Å². The molecular weight excluding hydrogens is 226 g/mol. The van der Waals surface area contributed by atoms with E-state index in [4.69, 9.17) is 5.73 Å². The van der Waals surface area contributed by atoms with E-state index in [0.29, 0.717) is 5.82 Å². The molecule has 2 aromatic rings. The third-order valence-corrected chi connectivity index (χ3v) is 3.86. The summed E-state index contributed by atoms with van der Waals surface area (Å²) in [7, 11) is 0. The Hall–Kier alpha value is -0.810. The molecule has 0 bridgehead atoms. The van der Waals surface area contributed by atoms with E-state index in [1.165, 1.54) is 4.88 Å². The van der Waals surface area contributed by atoms with E-state index in [1.54, 1.807) is 23.1 Å². The molecule has 0 atom stereocenters. The topological polar surface area (TPSA) is 51.8 Å². The number of fused-ring (bicyclic) bond motifs is 1. The van der Waals surface area contributed by atoms with E-state index >= 15 is 0 Å². The normalized spacial score (nSPS) is 11.1. The molecule has 0 aliphatic rings. The van der Waals surface area contributed by atoms with Crippen molar-refractivity contribution >= 4 is 39.1 Å². The van der Waals surface area contributed by atoms with Gasteiger partial charge in [-0.05, 0) is 18.7 Å². The Balaban J connectivity index is 2.54. The van der Waals surface area contributed by atoms with E-state index in [2.05, 4.69) is 23.0 Å². The largest absolute Gasteiger partial charge is 0.383 e. The van der Waals surface area contributed by atoms with E-state index in [-0.39, 0.29) is 0 Å². The van der Waals surface area contributed by atoms with E-state index in [9.17, 15) is 0 Å².